The molecule has 3 fully saturated rings. The molecule has 14 nitrogen and oxygen atoms in total. The van der Waals surface area contributed by atoms with Crippen LogP contribution in [-0.2, 0) is 25.1 Å². The van der Waals surface area contributed by atoms with Gasteiger partial charge in [0.25, 0.3) is 0 Å². The maximum atomic E-state index is 13.9. The number of nitrogens with zero attached hydrogens (tertiary/aromatic N) is 2. The van der Waals surface area contributed by atoms with E-state index in [-0.39, 0.29) is 28.9 Å². The van der Waals surface area contributed by atoms with Crippen molar-refractivity contribution in [2.24, 2.45) is 11.7 Å². The molecule has 1 aliphatic heterocycles. The number of pyridine rings is 1. The lowest BCUT2D eigenvalue weighted by Gasteiger charge is -2.28. The highest BCUT2D eigenvalue weighted by atomic mass is 35.5. The molecule has 7 rings (SSSR count). The second-order valence-corrected chi connectivity index (χ2v) is 21.2. The van der Waals surface area contributed by atoms with Crippen molar-refractivity contribution in [2.45, 2.75) is 140 Å². The van der Waals surface area contributed by atoms with Crippen molar-refractivity contribution in [3.8, 4) is 17.1 Å². The summed E-state index contributed by atoms with van der Waals surface area (Å²) in [5, 5.41) is 9.62. The van der Waals surface area contributed by atoms with Crippen LogP contribution >= 0.6 is 30.3 Å². The maximum absolute atomic E-state index is 13.9. The minimum atomic E-state index is -3.70. The lowest BCUT2D eigenvalue weighted by atomic mass is 10.0. The third-order valence-corrected chi connectivity index (χ3v) is 15.9. The molecule has 2 aliphatic carbocycles. The van der Waals surface area contributed by atoms with Crippen molar-refractivity contribution in [3.05, 3.63) is 74.2 Å². The van der Waals surface area contributed by atoms with Crippen LogP contribution in [0.1, 0.15) is 109 Å². The van der Waals surface area contributed by atoms with Crippen LogP contribution in [0.4, 0.5) is 18.7 Å². The number of methoxy groups -OCH3 is 1. The van der Waals surface area contributed by atoms with Crippen molar-refractivity contribution in [1.82, 2.24) is 20.2 Å². The van der Waals surface area contributed by atoms with E-state index in [0.717, 1.165) is 75.1 Å². The summed E-state index contributed by atoms with van der Waals surface area (Å²) in [6.07, 6.45) is 9.69. The minimum Gasteiger partial charge on any atom is -0.495 e. The van der Waals surface area contributed by atoms with E-state index in [4.69, 9.17) is 26.8 Å². The van der Waals surface area contributed by atoms with E-state index in [0.29, 0.717) is 77.8 Å². The number of nitrogens with one attached hydrogen (secondary N) is 3. The number of rotatable bonds is 19. The summed E-state index contributed by atoms with van der Waals surface area (Å²) < 4.78 is 51.4. The summed E-state index contributed by atoms with van der Waals surface area (Å²) in [7, 11) is -2.16. The van der Waals surface area contributed by atoms with Crippen LogP contribution in [-0.4, -0.2) is 81.2 Å². The summed E-state index contributed by atoms with van der Waals surface area (Å²) in [6.45, 7) is 4.52. The SMILES string of the molecule is COc1ccc2c(=O)cc(-c3csc(NC(C)C)n3)[nH]c2c1Cl.NC(=O)[C@@H]1CCCN1C(=O)[C@H](CCCCCCC[C@@H]1C[C@@H]1P(=O)(O)Cc1c(F)cccc1F)NC(=O)OC1CCCC1. The van der Waals surface area contributed by atoms with Crippen LogP contribution in [0.5, 0.6) is 5.75 Å². The van der Waals surface area contributed by atoms with Gasteiger partial charge in [0.15, 0.2) is 10.6 Å². The van der Waals surface area contributed by atoms with Crippen LogP contribution < -0.4 is 26.5 Å². The highest BCUT2D eigenvalue weighted by molar-refractivity contribution is 7.58. The Kier molecular flexibility index (Phi) is 17.5. The zero-order chi connectivity index (χ0) is 46.8. The Morgan fingerprint density at radius 3 is 2.46 bits per heavy atom. The van der Waals surface area contributed by atoms with Gasteiger partial charge in [0.2, 0.25) is 19.2 Å². The first-order chi connectivity index (χ1) is 31.1. The Labute approximate surface area is 386 Å². The first-order valence-electron chi connectivity index (χ1n) is 22.5. The van der Waals surface area contributed by atoms with E-state index in [1.165, 1.54) is 22.3 Å². The fraction of sp³-hybridized carbons (Fsp3) is 0.543. The maximum Gasteiger partial charge on any atom is 0.408 e. The number of primary amides is 1. The number of alkyl carbamates (subject to hydrolysis) is 1. The molecule has 4 aromatic rings. The summed E-state index contributed by atoms with van der Waals surface area (Å²) in [5.74, 6) is -1.82. The largest absolute Gasteiger partial charge is 0.495 e. The number of nitrogens with two attached hydrogens (primary N) is 1. The van der Waals surface area contributed by atoms with Gasteiger partial charge in [-0.15, -0.1) is 11.3 Å². The molecule has 0 radical (unpaired) electrons. The molecular formula is C46H60ClF2N6O8PS. The van der Waals surface area contributed by atoms with Crippen LogP contribution in [0.3, 0.4) is 0 Å². The molecule has 0 spiro atoms. The van der Waals surface area contributed by atoms with Crippen LogP contribution in [0.15, 0.2) is 46.6 Å². The summed E-state index contributed by atoms with van der Waals surface area (Å²) in [6, 6.07) is 7.23. The standard InChI is InChI=1S/C30H44F2N3O6P.C16H16ClN3O2S/c31-23-13-8-14-24(32)22(23)19-42(39,40)27-18-20(27)10-4-2-1-3-5-15-25(34-30(38)41-21-11-6-7-12-21)29(37)35-17-9-16-26(35)28(33)36;1-8(2)18-16-20-11(7-23-16)10-6-12(21)9-4-5-13(22-3)14(17)15(9)19-10/h8,13-14,20-21,25-27H,1-7,9-12,15-19H2,(H2,33,36)(H,34,38)(H,39,40);4-8H,1-3H3,(H,18,20)(H,19,21)/t20-,25+,26+,27+;/m1./s1. The molecular weight excluding hydrogens is 901 g/mol. The van der Waals surface area contributed by atoms with Gasteiger partial charge >= 0.3 is 6.09 Å². The number of hydrogen-bond donors (Lipinski definition) is 5. The van der Waals surface area contributed by atoms with E-state index in [1.807, 2.05) is 19.2 Å². The van der Waals surface area contributed by atoms with Crippen molar-refractivity contribution in [1.29, 1.82) is 0 Å². The van der Waals surface area contributed by atoms with E-state index < -0.39 is 54.9 Å². The van der Waals surface area contributed by atoms with E-state index >= 15 is 0 Å². The molecule has 0 bridgehead atoms. The van der Waals surface area contributed by atoms with Crippen LogP contribution in [0.2, 0.25) is 5.02 Å². The van der Waals surface area contributed by atoms with E-state index in [1.54, 1.807) is 25.3 Å². The normalized spacial score (nSPS) is 19.6. The Morgan fingerprint density at radius 1 is 1.06 bits per heavy atom. The number of ether oxygens (including phenoxy) is 2. The Balaban J connectivity index is 0.000000255. The predicted molar refractivity (Wildman–Crippen MR) is 250 cm³/mol. The zero-order valence-electron chi connectivity index (χ0n) is 37.1. The number of hydrogen-bond acceptors (Lipinski definition) is 10. The number of fused-ring (bicyclic) bond motifs is 1. The molecule has 6 N–H and O–H groups in total. The molecule has 1 saturated heterocycles. The number of carbonyl (C=O) groups is 3. The molecule has 1 unspecified atom stereocenters. The highest BCUT2D eigenvalue weighted by Crippen LogP contribution is 2.64. The molecule has 2 aromatic carbocycles. The van der Waals surface area contributed by atoms with Gasteiger partial charge in [-0.2, -0.15) is 0 Å². The summed E-state index contributed by atoms with van der Waals surface area (Å²) in [4.78, 5) is 69.7. The lowest BCUT2D eigenvalue weighted by Crippen LogP contribution is -2.53. The van der Waals surface area contributed by atoms with E-state index in [2.05, 4.69) is 20.6 Å². The number of unbranched alkanes of at least 4 members (excludes halogenated alkanes) is 4. The van der Waals surface area contributed by atoms with E-state index in [9.17, 15) is 37.4 Å². The Morgan fingerprint density at radius 2 is 1.77 bits per heavy atom. The third kappa shape index (κ3) is 13.3. The van der Waals surface area contributed by atoms with Crippen LogP contribution in [0, 0.1) is 17.6 Å². The molecule has 3 amide bonds. The molecule has 2 saturated carbocycles. The predicted octanol–water partition coefficient (Wildman–Crippen LogP) is 9.50. The number of thiazole rings is 1. The zero-order valence-corrected chi connectivity index (χ0v) is 39.6. The number of aromatic amines is 1. The first-order valence-corrected chi connectivity index (χ1v) is 25.7. The number of halogens is 3. The number of amides is 3. The molecule has 65 heavy (non-hydrogen) atoms. The number of anilines is 1. The quantitative estimate of drug-likeness (QED) is 0.0445. The summed E-state index contributed by atoms with van der Waals surface area (Å²) in [5.41, 5.74) is 6.56. The smallest absolute Gasteiger partial charge is 0.408 e. The average Bonchev–Trinajstić information content (AvgIpc) is 3.61. The summed E-state index contributed by atoms with van der Waals surface area (Å²) >= 11 is 7.82. The number of likely N-dealkylation sites (tertiary alicyclic amines) is 1. The van der Waals surface area contributed by atoms with Crippen LogP contribution in [0.25, 0.3) is 22.3 Å². The fourth-order valence-corrected chi connectivity index (χ4v) is 12.3. The van der Waals surface area contributed by atoms with Gasteiger partial charge < -0.3 is 40.6 Å². The van der Waals surface area contributed by atoms with Gasteiger partial charge in [0.1, 0.15) is 40.6 Å². The second-order valence-electron chi connectivity index (χ2n) is 17.5. The minimum absolute atomic E-state index is 0.0893. The monoisotopic (exact) mass is 960 g/mol. The van der Waals surface area contributed by atoms with Gasteiger partial charge in [-0.05, 0) is 102 Å². The Hall–Kier alpha value is -4.57. The van der Waals surface area contributed by atoms with Crippen molar-refractivity contribution in [2.75, 3.05) is 19.0 Å². The Bertz CT molecular complexity index is 2390. The van der Waals surface area contributed by atoms with Gasteiger partial charge in [-0.3, -0.25) is 18.9 Å². The molecule has 354 valence electrons. The number of carbonyl (C=O) groups excluding carboxylic acids is 3. The van der Waals surface area contributed by atoms with Gasteiger partial charge in [0, 0.05) is 40.6 Å². The van der Waals surface area contributed by atoms with Crippen molar-refractivity contribution < 1.29 is 42.1 Å². The average molecular weight is 962 g/mol. The van der Waals surface area contributed by atoms with Gasteiger partial charge in [0.05, 0.1) is 30.2 Å². The van der Waals surface area contributed by atoms with Crippen molar-refractivity contribution >= 4 is 64.2 Å². The number of aromatic nitrogens is 2. The van der Waals surface area contributed by atoms with Crippen molar-refractivity contribution in [3.63, 3.8) is 0 Å². The molecule has 5 atom stereocenters. The molecule has 3 aliphatic rings. The first kappa shape index (κ1) is 49.9. The number of H-pyrrole nitrogens is 1. The molecule has 3 heterocycles. The van der Waals surface area contributed by atoms with Gasteiger partial charge in [-0.1, -0.05) is 49.8 Å². The fourth-order valence-electron chi connectivity index (χ4n) is 8.74. The second kappa shape index (κ2) is 22.8. The lowest BCUT2D eigenvalue weighted by molar-refractivity contribution is -0.139. The topological polar surface area (TPSA) is 206 Å². The third-order valence-electron chi connectivity index (χ3n) is 12.3. The molecule has 19 heteroatoms. The highest BCUT2D eigenvalue weighted by Gasteiger charge is 2.49. The van der Waals surface area contributed by atoms with Gasteiger partial charge in [-0.25, -0.2) is 18.6 Å². The number of benzene rings is 2. The molecule has 2 aromatic heterocycles.